The number of carbonyl (C=O) groups is 2. The Morgan fingerprint density at radius 3 is 3.06 bits per heavy atom. The number of alkyl halides is 1. The molecule has 1 aromatic rings. The molecule has 2 rings (SSSR count). The Morgan fingerprint density at radius 2 is 2.35 bits per heavy atom. The highest BCUT2D eigenvalue weighted by Gasteiger charge is 2.26. The van der Waals surface area contributed by atoms with Gasteiger partial charge in [0.1, 0.15) is 11.9 Å². The molecule has 1 unspecified atom stereocenters. The molecule has 0 saturated carbocycles. The van der Waals surface area contributed by atoms with Crippen LogP contribution < -0.4 is 10.6 Å². The first-order chi connectivity index (χ1) is 8.19. The van der Waals surface area contributed by atoms with Crippen LogP contribution in [0, 0.1) is 0 Å². The first-order valence-corrected chi connectivity index (χ1v) is 6.29. The van der Waals surface area contributed by atoms with Crippen LogP contribution in [0.2, 0.25) is 0 Å². The van der Waals surface area contributed by atoms with Crippen molar-refractivity contribution in [3.8, 4) is 0 Å². The second-order valence-electron chi connectivity index (χ2n) is 3.73. The molecule has 0 radical (unpaired) electrons. The summed E-state index contributed by atoms with van der Waals surface area (Å²) >= 11 is 3.32. The summed E-state index contributed by atoms with van der Waals surface area (Å²) in [4.78, 5) is 22.5. The standard InChI is InChI=1S/C10H11BrN4O2/c11-4-6-3-8(15-12-5-6)13-7-1-2-9(16)14-10(7)17/h3,5,7H,1-2,4H2,(H,13,15)(H,14,16,17). The highest BCUT2D eigenvalue weighted by Crippen LogP contribution is 2.13. The van der Waals surface area contributed by atoms with E-state index in [1.165, 1.54) is 0 Å². The number of hydrogen-bond donors (Lipinski definition) is 2. The van der Waals surface area contributed by atoms with E-state index in [-0.39, 0.29) is 11.8 Å². The number of piperidine rings is 1. The molecular formula is C10H11BrN4O2. The van der Waals surface area contributed by atoms with Gasteiger partial charge in [-0.3, -0.25) is 14.9 Å². The fourth-order valence-corrected chi connectivity index (χ4v) is 1.87. The van der Waals surface area contributed by atoms with Crippen LogP contribution in [0.4, 0.5) is 5.82 Å². The van der Waals surface area contributed by atoms with Gasteiger partial charge in [-0.1, -0.05) is 15.9 Å². The van der Waals surface area contributed by atoms with Gasteiger partial charge in [0.25, 0.3) is 0 Å². The first kappa shape index (κ1) is 12.0. The maximum atomic E-state index is 11.5. The Hall–Kier alpha value is -1.50. The third-order valence-corrected chi connectivity index (χ3v) is 3.07. The van der Waals surface area contributed by atoms with Gasteiger partial charge in [-0.15, -0.1) is 5.10 Å². The number of hydrogen-bond acceptors (Lipinski definition) is 5. The number of carbonyl (C=O) groups excluding carboxylic acids is 2. The molecule has 0 aliphatic carbocycles. The van der Waals surface area contributed by atoms with E-state index in [0.717, 1.165) is 5.56 Å². The fourth-order valence-electron chi connectivity index (χ4n) is 1.56. The monoisotopic (exact) mass is 298 g/mol. The van der Waals surface area contributed by atoms with Gasteiger partial charge in [0, 0.05) is 11.8 Å². The number of halogens is 1. The minimum atomic E-state index is -0.424. The molecule has 2 heterocycles. The predicted octanol–water partition coefficient (Wildman–Crippen LogP) is 0.589. The summed E-state index contributed by atoms with van der Waals surface area (Å²) in [7, 11) is 0. The van der Waals surface area contributed by atoms with Crippen molar-refractivity contribution in [1.82, 2.24) is 15.5 Å². The highest BCUT2D eigenvalue weighted by atomic mass is 79.9. The zero-order valence-corrected chi connectivity index (χ0v) is 10.5. The Balaban J connectivity index is 2.05. The van der Waals surface area contributed by atoms with Crippen LogP contribution in [-0.2, 0) is 14.9 Å². The smallest absolute Gasteiger partial charge is 0.249 e. The summed E-state index contributed by atoms with van der Waals surface area (Å²) in [5.41, 5.74) is 0.967. The van der Waals surface area contributed by atoms with E-state index >= 15 is 0 Å². The maximum Gasteiger partial charge on any atom is 0.249 e. The van der Waals surface area contributed by atoms with E-state index in [1.54, 1.807) is 6.20 Å². The van der Waals surface area contributed by atoms with Gasteiger partial charge in [-0.25, -0.2) is 0 Å². The third-order valence-electron chi connectivity index (χ3n) is 2.43. The summed E-state index contributed by atoms with van der Waals surface area (Å²) in [5.74, 6) is -0.00270. The number of aromatic nitrogens is 2. The third kappa shape index (κ3) is 3.00. The topological polar surface area (TPSA) is 84.0 Å². The van der Waals surface area contributed by atoms with Crippen LogP contribution >= 0.6 is 15.9 Å². The van der Waals surface area contributed by atoms with Crippen LogP contribution in [0.3, 0.4) is 0 Å². The van der Waals surface area contributed by atoms with E-state index in [9.17, 15) is 9.59 Å². The van der Waals surface area contributed by atoms with E-state index in [2.05, 4.69) is 36.8 Å². The predicted molar refractivity (Wildman–Crippen MR) is 64.5 cm³/mol. The van der Waals surface area contributed by atoms with Gasteiger partial charge >= 0.3 is 0 Å². The molecule has 1 aliphatic heterocycles. The van der Waals surface area contributed by atoms with Gasteiger partial charge in [0.2, 0.25) is 11.8 Å². The molecule has 1 saturated heterocycles. The molecule has 17 heavy (non-hydrogen) atoms. The molecule has 6 nitrogen and oxygen atoms in total. The molecular weight excluding hydrogens is 288 g/mol. The van der Waals surface area contributed by atoms with Gasteiger partial charge in [0.05, 0.1) is 6.20 Å². The molecule has 0 aromatic carbocycles. The van der Waals surface area contributed by atoms with Crippen molar-refractivity contribution in [2.24, 2.45) is 0 Å². The number of rotatable bonds is 3. The van der Waals surface area contributed by atoms with Crippen molar-refractivity contribution >= 4 is 33.6 Å². The van der Waals surface area contributed by atoms with Gasteiger partial charge < -0.3 is 5.32 Å². The minimum Gasteiger partial charge on any atom is -0.357 e. The molecule has 1 atom stereocenters. The zero-order chi connectivity index (χ0) is 12.3. The first-order valence-electron chi connectivity index (χ1n) is 5.17. The van der Waals surface area contributed by atoms with Crippen molar-refractivity contribution in [2.45, 2.75) is 24.2 Å². The Bertz CT molecular complexity index is 452. The summed E-state index contributed by atoms with van der Waals surface area (Å²) in [6.07, 6.45) is 2.46. The van der Waals surface area contributed by atoms with Crippen molar-refractivity contribution in [3.05, 3.63) is 17.8 Å². The van der Waals surface area contributed by atoms with Gasteiger partial charge in [-0.05, 0) is 18.1 Å². The summed E-state index contributed by atoms with van der Waals surface area (Å²) in [6.45, 7) is 0. The van der Waals surface area contributed by atoms with E-state index in [4.69, 9.17) is 0 Å². The largest absolute Gasteiger partial charge is 0.357 e. The lowest BCUT2D eigenvalue weighted by molar-refractivity contribution is -0.133. The van der Waals surface area contributed by atoms with E-state index in [0.29, 0.717) is 24.0 Å². The summed E-state index contributed by atoms with van der Waals surface area (Å²) < 4.78 is 0. The molecule has 2 amide bonds. The second-order valence-corrected chi connectivity index (χ2v) is 4.29. The molecule has 90 valence electrons. The van der Waals surface area contributed by atoms with E-state index in [1.807, 2.05) is 6.07 Å². The lowest BCUT2D eigenvalue weighted by Crippen LogP contribution is -2.47. The quantitative estimate of drug-likeness (QED) is 0.630. The van der Waals surface area contributed by atoms with Crippen LogP contribution in [0.5, 0.6) is 0 Å². The van der Waals surface area contributed by atoms with Crippen LogP contribution in [-0.4, -0.2) is 28.1 Å². The average Bonchev–Trinajstić information content (AvgIpc) is 2.33. The lowest BCUT2D eigenvalue weighted by atomic mass is 10.1. The van der Waals surface area contributed by atoms with Crippen molar-refractivity contribution in [3.63, 3.8) is 0 Å². The molecule has 1 aliphatic rings. The van der Waals surface area contributed by atoms with E-state index < -0.39 is 6.04 Å². The van der Waals surface area contributed by atoms with Crippen LogP contribution in [0.25, 0.3) is 0 Å². The molecule has 7 heteroatoms. The summed E-state index contributed by atoms with van der Waals surface area (Å²) in [6, 6.07) is 1.39. The normalized spacial score (nSPS) is 19.9. The molecule has 1 fully saturated rings. The number of nitrogens with zero attached hydrogens (tertiary/aromatic N) is 2. The van der Waals surface area contributed by atoms with Crippen molar-refractivity contribution < 1.29 is 9.59 Å². The maximum absolute atomic E-state index is 11.5. The Morgan fingerprint density at radius 1 is 1.53 bits per heavy atom. The summed E-state index contributed by atoms with van der Waals surface area (Å²) in [5, 5.41) is 13.6. The fraction of sp³-hybridized carbons (Fsp3) is 0.400. The average molecular weight is 299 g/mol. The van der Waals surface area contributed by atoms with Crippen LogP contribution in [0.15, 0.2) is 12.3 Å². The molecule has 0 bridgehead atoms. The van der Waals surface area contributed by atoms with Crippen molar-refractivity contribution in [2.75, 3.05) is 5.32 Å². The molecule has 1 aromatic heterocycles. The Labute approximate surface area is 106 Å². The SMILES string of the molecule is O=C1CCC(Nc2cc(CBr)cnn2)C(=O)N1. The van der Waals surface area contributed by atoms with Crippen LogP contribution in [0.1, 0.15) is 18.4 Å². The van der Waals surface area contributed by atoms with Crippen molar-refractivity contribution in [1.29, 1.82) is 0 Å². The lowest BCUT2D eigenvalue weighted by Gasteiger charge is -2.22. The zero-order valence-electron chi connectivity index (χ0n) is 8.94. The number of nitrogens with one attached hydrogen (secondary N) is 2. The second kappa shape index (κ2) is 5.22. The molecule has 0 spiro atoms. The minimum absolute atomic E-state index is 0.228. The highest BCUT2D eigenvalue weighted by molar-refractivity contribution is 9.08. The molecule has 2 N–H and O–H groups in total. The number of anilines is 1. The number of amides is 2. The van der Waals surface area contributed by atoms with Gasteiger partial charge in [0.15, 0.2) is 0 Å². The number of imide groups is 1. The Kier molecular flexibility index (Phi) is 3.68. The van der Waals surface area contributed by atoms with Gasteiger partial charge in [-0.2, -0.15) is 5.10 Å².